The molecule has 1 heterocycles. The zero-order chi connectivity index (χ0) is 20.1. The number of benzene rings is 2. The lowest BCUT2D eigenvalue weighted by Gasteiger charge is -2.11. The van der Waals surface area contributed by atoms with Gasteiger partial charge in [-0.25, -0.2) is 4.39 Å². The van der Waals surface area contributed by atoms with Crippen LogP contribution in [-0.2, 0) is 0 Å². The zero-order valence-electron chi connectivity index (χ0n) is 14.7. The fourth-order valence-electron chi connectivity index (χ4n) is 2.43. The number of hydrogen-bond donors (Lipinski definition) is 2. The van der Waals surface area contributed by atoms with E-state index < -0.39 is 17.6 Å². The van der Waals surface area contributed by atoms with Gasteiger partial charge in [0.15, 0.2) is 0 Å². The fraction of sp³-hybridized carbons (Fsp3) is 0.0500. The molecule has 3 aromatic rings. The maximum absolute atomic E-state index is 13.2. The molecule has 0 saturated heterocycles. The van der Waals surface area contributed by atoms with Crippen molar-refractivity contribution in [3.8, 4) is 5.75 Å². The van der Waals surface area contributed by atoms with Crippen LogP contribution in [0.4, 0.5) is 15.8 Å². The molecule has 0 aliphatic rings. The van der Waals surface area contributed by atoms with Gasteiger partial charge >= 0.3 is 0 Å². The largest absolute Gasteiger partial charge is 0.495 e. The van der Waals surface area contributed by atoms with Crippen molar-refractivity contribution in [1.82, 2.24) is 4.98 Å². The van der Waals surface area contributed by atoms with Gasteiger partial charge < -0.3 is 15.4 Å². The molecule has 0 saturated carbocycles. The van der Waals surface area contributed by atoms with Gasteiger partial charge in [0.25, 0.3) is 11.8 Å². The number of amides is 2. The van der Waals surface area contributed by atoms with E-state index >= 15 is 0 Å². The monoisotopic (exact) mass is 399 g/mol. The van der Waals surface area contributed by atoms with Crippen LogP contribution in [0.25, 0.3) is 0 Å². The van der Waals surface area contributed by atoms with Gasteiger partial charge in [-0.15, -0.1) is 0 Å². The molecule has 2 amide bonds. The van der Waals surface area contributed by atoms with Crippen LogP contribution in [0.2, 0.25) is 5.02 Å². The second kappa shape index (κ2) is 8.49. The minimum absolute atomic E-state index is 0.00923. The third kappa shape index (κ3) is 4.63. The second-order valence-corrected chi connectivity index (χ2v) is 6.13. The Kier molecular flexibility index (Phi) is 5.86. The van der Waals surface area contributed by atoms with E-state index in [-0.39, 0.29) is 16.9 Å². The van der Waals surface area contributed by atoms with E-state index in [4.69, 9.17) is 16.3 Å². The van der Waals surface area contributed by atoms with Crippen LogP contribution in [0.3, 0.4) is 0 Å². The van der Waals surface area contributed by atoms with Gasteiger partial charge in [0, 0.05) is 22.5 Å². The van der Waals surface area contributed by atoms with Gasteiger partial charge in [0.2, 0.25) is 0 Å². The van der Waals surface area contributed by atoms with Crippen molar-refractivity contribution in [2.45, 2.75) is 0 Å². The van der Waals surface area contributed by atoms with Crippen LogP contribution in [0.5, 0.6) is 5.75 Å². The molecule has 3 rings (SSSR count). The first-order valence-corrected chi connectivity index (χ1v) is 8.52. The lowest BCUT2D eigenvalue weighted by molar-refractivity contribution is 0.102. The van der Waals surface area contributed by atoms with Crippen LogP contribution in [0.15, 0.2) is 60.8 Å². The van der Waals surface area contributed by atoms with Crippen molar-refractivity contribution in [2.24, 2.45) is 0 Å². The van der Waals surface area contributed by atoms with Gasteiger partial charge in [-0.05, 0) is 48.5 Å². The van der Waals surface area contributed by atoms with Gasteiger partial charge in [-0.2, -0.15) is 0 Å². The Morgan fingerprint density at radius 3 is 2.61 bits per heavy atom. The minimum Gasteiger partial charge on any atom is -0.495 e. The van der Waals surface area contributed by atoms with E-state index in [0.29, 0.717) is 16.5 Å². The number of aromatic nitrogens is 1. The Labute approximate surface area is 165 Å². The molecule has 2 N–H and O–H groups in total. The molecule has 0 spiro atoms. The number of nitrogens with zero attached hydrogens (tertiary/aromatic N) is 1. The van der Waals surface area contributed by atoms with E-state index in [2.05, 4.69) is 15.6 Å². The van der Waals surface area contributed by atoms with Crippen LogP contribution < -0.4 is 15.4 Å². The number of ether oxygens (including phenoxy) is 1. The molecular formula is C20H15ClFN3O3. The van der Waals surface area contributed by atoms with E-state index in [0.717, 1.165) is 0 Å². The summed E-state index contributed by atoms with van der Waals surface area (Å²) in [4.78, 5) is 28.9. The Morgan fingerprint density at radius 1 is 1.04 bits per heavy atom. The van der Waals surface area contributed by atoms with Gasteiger partial charge in [-0.3, -0.25) is 14.6 Å². The van der Waals surface area contributed by atoms with Crippen molar-refractivity contribution in [3.63, 3.8) is 0 Å². The van der Waals surface area contributed by atoms with Crippen molar-refractivity contribution < 1.29 is 18.7 Å². The molecule has 0 radical (unpaired) electrons. The third-order valence-electron chi connectivity index (χ3n) is 3.75. The number of hydrogen-bond acceptors (Lipinski definition) is 4. The van der Waals surface area contributed by atoms with Crippen LogP contribution in [0.1, 0.15) is 20.8 Å². The number of anilines is 2. The quantitative estimate of drug-likeness (QED) is 0.667. The summed E-state index contributed by atoms with van der Waals surface area (Å²) in [5, 5.41) is 5.65. The van der Waals surface area contributed by atoms with E-state index in [1.54, 1.807) is 24.3 Å². The summed E-state index contributed by atoms with van der Waals surface area (Å²) in [5.74, 6) is -1.08. The molecule has 6 nitrogen and oxygen atoms in total. The number of methoxy groups -OCH3 is 1. The van der Waals surface area contributed by atoms with Crippen LogP contribution in [-0.4, -0.2) is 23.9 Å². The van der Waals surface area contributed by atoms with Crippen molar-refractivity contribution in [1.29, 1.82) is 0 Å². The third-order valence-corrected chi connectivity index (χ3v) is 3.98. The number of halogens is 2. The summed E-state index contributed by atoms with van der Waals surface area (Å²) in [7, 11) is 1.47. The highest BCUT2D eigenvalue weighted by molar-refractivity contribution is 6.31. The lowest BCUT2D eigenvalue weighted by Crippen LogP contribution is -2.17. The van der Waals surface area contributed by atoms with Crippen molar-refractivity contribution in [2.75, 3.05) is 17.7 Å². The smallest absolute Gasteiger partial charge is 0.274 e. The number of carbonyl (C=O) groups is 2. The summed E-state index contributed by atoms with van der Waals surface area (Å²) in [6.07, 6.45) is 1.34. The maximum atomic E-state index is 13.2. The average molecular weight is 400 g/mol. The van der Waals surface area contributed by atoms with Gasteiger partial charge in [-0.1, -0.05) is 17.7 Å². The fourth-order valence-corrected chi connectivity index (χ4v) is 2.60. The molecule has 8 heteroatoms. The predicted octanol–water partition coefficient (Wildman–Crippen LogP) is 4.39. The molecule has 0 bridgehead atoms. The van der Waals surface area contributed by atoms with E-state index in [1.807, 2.05) is 0 Å². The van der Waals surface area contributed by atoms with E-state index in [1.165, 1.54) is 43.6 Å². The summed E-state index contributed by atoms with van der Waals surface area (Å²) in [6, 6.07) is 13.1. The molecule has 142 valence electrons. The van der Waals surface area contributed by atoms with Gasteiger partial charge in [0.1, 0.15) is 17.3 Å². The predicted molar refractivity (Wildman–Crippen MR) is 105 cm³/mol. The Hall–Kier alpha value is -3.45. The molecular weight excluding hydrogens is 385 g/mol. The number of carbonyl (C=O) groups excluding carboxylic acids is 2. The first-order valence-electron chi connectivity index (χ1n) is 8.14. The number of nitrogens with one attached hydrogen (secondary N) is 2. The van der Waals surface area contributed by atoms with Crippen LogP contribution >= 0.6 is 11.6 Å². The van der Waals surface area contributed by atoms with Crippen LogP contribution in [0, 0.1) is 5.82 Å². The molecule has 0 unspecified atom stereocenters. The Morgan fingerprint density at radius 2 is 1.86 bits per heavy atom. The summed E-state index contributed by atoms with van der Waals surface area (Å²) in [5.41, 5.74) is 0.893. The molecule has 0 aliphatic carbocycles. The summed E-state index contributed by atoms with van der Waals surface area (Å²) < 4.78 is 18.4. The minimum atomic E-state index is -0.569. The second-order valence-electron chi connectivity index (χ2n) is 5.69. The highest BCUT2D eigenvalue weighted by atomic mass is 35.5. The standard InChI is InChI=1S/C20H15ClFN3O3/c1-28-18-6-5-13(21)10-16(18)25-19(26)12-7-8-23-17(9-12)20(27)24-15-4-2-3-14(22)11-15/h2-11H,1H3,(H,24,27)(H,25,26). The van der Waals surface area contributed by atoms with Gasteiger partial charge in [0.05, 0.1) is 12.8 Å². The maximum Gasteiger partial charge on any atom is 0.274 e. The normalized spacial score (nSPS) is 10.2. The van der Waals surface area contributed by atoms with Crippen molar-refractivity contribution in [3.05, 3.63) is 82.9 Å². The first kappa shape index (κ1) is 19.3. The first-order chi connectivity index (χ1) is 13.5. The molecule has 0 aliphatic heterocycles. The highest BCUT2D eigenvalue weighted by Gasteiger charge is 2.14. The molecule has 1 aromatic heterocycles. The Bertz CT molecular complexity index is 1040. The Balaban J connectivity index is 1.78. The van der Waals surface area contributed by atoms with E-state index in [9.17, 15) is 14.0 Å². The lowest BCUT2D eigenvalue weighted by atomic mass is 10.2. The average Bonchev–Trinajstić information content (AvgIpc) is 2.68. The molecule has 0 atom stereocenters. The molecule has 2 aromatic carbocycles. The highest BCUT2D eigenvalue weighted by Crippen LogP contribution is 2.28. The number of pyridine rings is 1. The molecule has 0 fully saturated rings. The summed E-state index contributed by atoms with van der Waals surface area (Å²) >= 11 is 5.96. The topological polar surface area (TPSA) is 80.3 Å². The van der Waals surface area contributed by atoms with Crippen molar-refractivity contribution >= 4 is 34.8 Å². The number of rotatable bonds is 5. The summed E-state index contributed by atoms with van der Waals surface area (Å²) in [6.45, 7) is 0. The SMILES string of the molecule is COc1ccc(Cl)cc1NC(=O)c1ccnc(C(=O)Nc2cccc(F)c2)c1. The zero-order valence-corrected chi connectivity index (χ0v) is 15.5. The molecule has 28 heavy (non-hydrogen) atoms.